The van der Waals surface area contributed by atoms with Gasteiger partial charge in [0.1, 0.15) is 23.7 Å². The third-order valence-corrected chi connectivity index (χ3v) is 10.9. The quantitative estimate of drug-likeness (QED) is 0.307. The highest BCUT2D eigenvalue weighted by atomic mass is 16.6. The van der Waals surface area contributed by atoms with Crippen LogP contribution in [0, 0.1) is 11.8 Å². The predicted octanol–water partition coefficient (Wildman–Crippen LogP) is 2.11. The van der Waals surface area contributed by atoms with Crippen molar-refractivity contribution in [2.45, 2.75) is 108 Å². The zero-order chi connectivity index (χ0) is 37.5. The Morgan fingerprint density at radius 3 is 2.37 bits per heavy atom. The maximum atomic E-state index is 13.9. The fourth-order valence-corrected chi connectivity index (χ4v) is 8.21. The van der Waals surface area contributed by atoms with Crippen LogP contribution < -0.4 is 21.6 Å². The van der Waals surface area contributed by atoms with E-state index in [0.29, 0.717) is 62.1 Å². The Bertz CT molecular complexity index is 1820. The molecule has 1 aromatic carbocycles. The number of imidazole rings is 1. The number of aromatic nitrogens is 2. The highest BCUT2D eigenvalue weighted by Gasteiger charge is 2.46. The highest BCUT2D eigenvalue weighted by Crippen LogP contribution is 2.34. The average Bonchev–Trinajstić information content (AvgIpc) is 3.61. The lowest BCUT2D eigenvalue weighted by Gasteiger charge is -2.40. The molecule has 1 unspecified atom stereocenters. The van der Waals surface area contributed by atoms with Gasteiger partial charge in [-0.15, -0.1) is 0 Å². The molecule has 1 saturated carbocycles. The van der Waals surface area contributed by atoms with Crippen molar-refractivity contribution < 1.29 is 38.6 Å². The SMILES string of the molecule is Cn1c(=O)n(C2CCC(=O)NC2=O)c2ccc(NCC3CCC(C(=O)N4CC[C@H]5CC[C@@H](C(=O)O)N5C(=O)[C@@H](NC(=O)OC(C)(C)C)C4)CC3)cc21. The number of carboxylic acid groups (broad SMARTS) is 1. The van der Waals surface area contributed by atoms with Gasteiger partial charge in [0.15, 0.2) is 0 Å². The first-order valence-corrected chi connectivity index (χ1v) is 18.2. The van der Waals surface area contributed by atoms with E-state index in [4.69, 9.17) is 4.74 Å². The number of hydrogen-bond acceptors (Lipinski definition) is 9. The molecular formula is C36H49N7O9. The number of carbonyl (C=O) groups is 6. The number of benzene rings is 1. The standard InChI is InChI=1S/C36H49N7O9/c1-36(2,3)52-34(50)38-24-19-41(16-15-23-10-12-27(33(48)49)42(23)32(24)47)31(46)21-7-5-20(6-8-21)18-37-22-9-11-25-28(17-22)40(4)35(51)43(25)26-13-14-29(44)39-30(26)45/h9,11,17,20-21,23-24,26-27,37H,5-8,10,12-16,18-19H2,1-4H3,(H,38,50)(H,48,49)(H,39,44,45)/t20?,21?,23-,24+,26?,27+/m1/s1. The predicted molar refractivity (Wildman–Crippen MR) is 188 cm³/mol. The van der Waals surface area contributed by atoms with Crippen LogP contribution in [-0.4, -0.2) is 103 Å². The van der Waals surface area contributed by atoms with E-state index in [2.05, 4.69) is 16.0 Å². The number of piperidine rings is 1. The highest BCUT2D eigenvalue weighted by molar-refractivity contribution is 6.00. The number of ether oxygens (including phenoxy) is 1. The lowest BCUT2D eigenvalue weighted by atomic mass is 9.81. The molecule has 4 N–H and O–H groups in total. The summed E-state index contributed by atoms with van der Waals surface area (Å²) in [5.74, 6) is -2.42. The molecule has 4 heterocycles. The second kappa shape index (κ2) is 14.6. The van der Waals surface area contributed by atoms with E-state index in [1.54, 1.807) is 32.7 Å². The van der Waals surface area contributed by atoms with Gasteiger partial charge in [0, 0.05) is 44.2 Å². The summed E-state index contributed by atoms with van der Waals surface area (Å²) in [7, 11) is 1.66. The van der Waals surface area contributed by atoms with Gasteiger partial charge in [-0.1, -0.05) is 0 Å². The maximum absolute atomic E-state index is 13.9. The van der Waals surface area contributed by atoms with Crippen LogP contribution in [0.4, 0.5) is 10.5 Å². The number of hydrogen-bond donors (Lipinski definition) is 4. The minimum atomic E-state index is -1.14. The van der Waals surface area contributed by atoms with Crippen LogP contribution in [0.25, 0.3) is 11.0 Å². The van der Waals surface area contributed by atoms with Crippen LogP contribution in [0.5, 0.6) is 0 Å². The van der Waals surface area contributed by atoms with Crippen LogP contribution in [0.1, 0.15) is 84.6 Å². The Hall–Kier alpha value is -4.89. The van der Waals surface area contributed by atoms with Crippen LogP contribution in [0.2, 0.25) is 0 Å². The molecule has 5 amide bonds. The number of nitrogens with one attached hydrogen (secondary N) is 3. The zero-order valence-electron chi connectivity index (χ0n) is 30.2. The Kier molecular flexibility index (Phi) is 10.4. The molecule has 4 aliphatic rings. The molecule has 282 valence electrons. The summed E-state index contributed by atoms with van der Waals surface area (Å²) in [6, 6.07) is 2.35. The molecule has 16 heteroatoms. The van der Waals surface area contributed by atoms with Gasteiger partial charge in [-0.05, 0) is 96.3 Å². The van der Waals surface area contributed by atoms with Crippen LogP contribution >= 0.6 is 0 Å². The molecule has 3 aliphatic heterocycles. The summed E-state index contributed by atoms with van der Waals surface area (Å²) in [6.45, 7) is 6.06. The van der Waals surface area contributed by atoms with E-state index >= 15 is 0 Å². The van der Waals surface area contributed by atoms with E-state index in [1.165, 1.54) is 14.0 Å². The van der Waals surface area contributed by atoms with Crippen LogP contribution in [-0.2, 0) is 35.8 Å². The summed E-state index contributed by atoms with van der Waals surface area (Å²) < 4.78 is 8.36. The number of alkyl carbamates (subject to hydrolysis) is 1. The minimum Gasteiger partial charge on any atom is -0.480 e. The van der Waals surface area contributed by atoms with Crippen LogP contribution in [0.15, 0.2) is 23.0 Å². The van der Waals surface area contributed by atoms with Crippen molar-refractivity contribution in [2.75, 3.05) is 25.0 Å². The van der Waals surface area contributed by atoms with Crippen molar-refractivity contribution in [2.24, 2.45) is 18.9 Å². The number of carbonyl (C=O) groups excluding carboxylic acids is 5. The molecule has 16 nitrogen and oxygen atoms in total. The Balaban J connectivity index is 1.07. The number of amides is 5. The molecule has 4 atom stereocenters. The zero-order valence-corrected chi connectivity index (χ0v) is 30.2. The summed E-state index contributed by atoms with van der Waals surface area (Å²) in [6.07, 6.45) is 3.87. The number of carboxylic acids is 1. The van der Waals surface area contributed by atoms with Crippen molar-refractivity contribution in [3.63, 3.8) is 0 Å². The van der Waals surface area contributed by atoms with Crippen molar-refractivity contribution >= 4 is 52.4 Å². The van der Waals surface area contributed by atoms with Crippen molar-refractivity contribution in [1.29, 1.82) is 0 Å². The fourth-order valence-electron chi connectivity index (χ4n) is 8.21. The summed E-state index contributed by atoms with van der Waals surface area (Å²) in [5.41, 5.74) is 0.960. The van der Waals surface area contributed by atoms with Gasteiger partial charge < -0.3 is 30.3 Å². The Morgan fingerprint density at radius 2 is 1.69 bits per heavy atom. The molecule has 0 bridgehead atoms. The number of anilines is 1. The van der Waals surface area contributed by atoms with E-state index in [-0.39, 0.29) is 48.9 Å². The normalized spacial score (nSPS) is 27.0. The van der Waals surface area contributed by atoms with Gasteiger partial charge in [0.05, 0.1) is 17.6 Å². The third-order valence-electron chi connectivity index (χ3n) is 10.9. The first kappa shape index (κ1) is 36.9. The van der Waals surface area contributed by atoms with Gasteiger partial charge in [-0.25, -0.2) is 14.4 Å². The fraction of sp³-hybridized carbons (Fsp3) is 0.639. The lowest BCUT2D eigenvalue weighted by molar-refractivity contribution is -0.152. The number of aryl methyl sites for hydroxylation is 1. The first-order chi connectivity index (χ1) is 24.6. The summed E-state index contributed by atoms with van der Waals surface area (Å²) in [4.78, 5) is 92.8. The van der Waals surface area contributed by atoms with Gasteiger partial charge in [0.2, 0.25) is 23.6 Å². The Morgan fingerprint density at radius 1 is 0.962 bits per heavy atom. The molecule has 0 radical (unpaired) electrons. The largest absolute Gasteiger partial charge is 0.480 e. The number of aliphatic carboxylic acids is 1. The van der Waals surface area contributed by atoms with Crippen molar-refractivity contribution in [1.82, 2.24) is 29.6 Å². The lowest BCUT2D eigenvalue weighted by Crippen LogP contribution is -2.61. The van der Waals surface area contributed by atoms with E-state index in [1.807, 2.05) is 18.2 Å². The van der Waals surface area contributed by atoms with Gasteiger partial charge >= 0.3 is 17.8 Å². The number of nitrogens with zero attached hydrogens (tertiary/aromatic N) is 4. The van der Waals surface area contributed by atoms with Crippen molar-refractivity contribution in [3.8, 4) is 0 Å². The first-order valence-electron chi connectivity index (χ1n) is 18.2. The molecule has 52 heavy (non-hydrogen) atoms. The number of fused-ring (bicyclic) bond motifs is 2. The van der Waals surface area contributed by atoms with E-state index < -0.39 is 47.6 Å². The molecule has 3 saturated heterocycles. The molecule has 6 rings (SSSR count). The molecule has 0 spiro atoms. The Labute approximate surface area is 301 Å². The van der Waals surface area contributed by atoms with Gasteiger partial charge in [-0.3, -0.25) is 33.6 Å². The molecule has 1 aromatic heterocycles. The second-order valence-electron chi connectivity index (χ2n) is 15.6. The smallest absolute Gasteiger partial charge is 0.408 e. The van der Waals surface area contributed by atoms with Gasteiger partial charge in [-0.2, -0.15) is 0 Å². The number of imide groups is 1. The van der Waals surface area contributed by atoms with Crippen molar-refractivity contribution in [3.05, 3.63) is 28.7 Å². The third kappa shape index (κ3) is 7.65. The minimum absolute atomic E-state index is 0.0653. The summed E-state index contributed by atoms with van der Waals surface area (Å²) in [5, 5.41) is 18.2. The monoisotopic (exact) mass is 723 g/mol. The molecular weight excluding hydrogens is 674 g/mol. The molecule has 1 aliphatic carbocycles. The van der Waals surface area contributed by atoms with E-state index in [0.717, 1.165) is 18.5 Å². The topological polar surface area (TPSA) is 201 Å². The number of rotatable bonds is 7. The van der Waals surface area contributed by atoms with E-state index in [9.17, 15) is 38.7 Å². The second-order valence-corrected chi connectivity index (χ2v) is 15.6. The summed E-state index contributed by atoms with van der Waals surface area (Å²) >= 11 is 0. The van der Waals surface area contributed by atoms with Gasteiger partial charge in [0.25, 0.3) is 0 Å². The molecule has 4 fully saturated rings. The average molecular weight is 724 g/mol. The maximum Gasteiger partial charge on any atom is 0.408 e. The molecule has 2 aromatic rings. The van der Waals surface area contributed by atoms with Crippen LogP contribution in [0.3, 0.4) is 0 Å².